The lowest BCUT2D eigenvalue weighted by Crippen LogP contribution is -2.29. The normalized spacial score (nSPS) is 23.9. The smallest absolute Gasteiger partial charge is 0.234 e. The van der Waals surface area contributed by atoms with Crippen molar-refractivity contribution in [1.82, 2.24) is 0 Å². The highest BCUT2D eigenvalue weighted by atomic mass is 35.5. The summed E-state index contributed by atoms with van der Waals surface area (Å²) in [5.74, 6) is -0.0100. The van der Waals surface area contributed by atoms with Crippen molar-refractivity contribution >= 4 is 34.8 Å². The van der Waals surface area contributed by atoms with Gasteiger partial charge in [0.2, 0.25) is 5.91 Å². The van der Waals surface area contributed by atoms with Crippen LogP contribution in [0.1, 0.15) is 25.8 Å². The number of hydrogen-bond acceptors (Lipinski definition) is 1. The van der Waals surface area contributed by atoms with Gasteiger partial charge in [-0.15, -0.1) is 0 Å². The molecule has 1 aromatic carbocycles. The summed E-state index contributed by atoms with van der Waals surface area (Å²) in [6, 6.07) is 3.45. The summed E-state index contributed by atoms with van der Waals surface area (Å²) in [5.41, 5.74) is 1.09. The molecule has 0 bridgehead atoms. The third kappa shape index (κ3) is 1.44. The average Bonchev–Trinajstić information content (AvgIpc) is 2.43. The second kappa shape index (κ2) is 3.39. The number of anilines is 1. The summed E-state index contributed by atoms with van der Waals surface area (Å²) in [7, 11) is 0. The van der Waals surface area contributed by atoms with E-state index in [4.69, 9.17) is 23.2 Å². The fourth-order valence-electron chi connectivity index (χ4n) is 1.86. The monoisotopic (exact) mass is 243 g/mol. The Labute approximate surface area is 98.6 Å². The second-order valence-corrected chi connectivity index (χ2v) is 4.79. The summed E-state index contributed by atoms with van der Waals surface area (Å²) < 4.78 is 0. The Bertz CT molecular complexity index is 444. The minimum atomic E-state index is -0.510. The Morgan fingerprint density at radius 2 is 2.07 bits per heavy atom. The number of rotatable bonds is 1. The van der Waals surface area contributed by atoms with E-state index in [0.29, 0.717) is 15.7 Å². The molecule has 1 amide bonds. The highest BCUT2D eigenvalue weighted by molar-refractivity contribution is 6.37. The summed E-state index contributed by atoms with van der Waals surface area (Å²) in [4.78, 5) is 11.8. The highest BCUT2D eigenvalue weighted by Gasteiger charge is 2.42. The standard InChI is InChI=1S/C11H11Cl2NO/c1-3-11(2)7-4-6(12)5-8(13)9(7)14-10(11)15/h4-5H,3H2,1-2H3,(H,14,15). The molecule has 0 spiro atoms. The molecule has 4 heteroatoms. The Morgan fingerprint density at radius 3 is 2.67 bits per heavy atom. The predicted octanol–water partition coefficient (Wildman–Crippen LogP) is 3.61. The molecule has 1 aliphatic heterocycles. The third-order valence-electron chi connectivity index (χ3n) is 3.10. The molecule has 1 unspecified atom stereocenters. The van der Waals surface area contributed by atoms with Gasteiger partial charge < -0.3 is 5.32 Å². The minimum absolute atomic E-state index is 0.0100. The van der Waals surface area contributed by atoms with E-state index in [1.54, 1.807) is 6.07 Å². The molecule has 2 nitrogen and oxygen atoms in total. The van der Waals surface area contributed by atoms with E-state index in [-0.39, 0.29) is 5.91 Å². The number of carbonyl (C=O) groups is 1. The maximum absolute atomic E-state index is 11.8. The van der Waals surface area contributed by atoms with Gasteiger partial charge in [0, 0.05) is 5.02 Å². The molecule has 80 valence electrons. The number of halogens is 2. The molecule has 2 rings (SSSR count). The quantitative estimate of drug-likeness (QED) is 0.803. The van der Waals surface area contributed by atoms with E-state index in [2.05, 4.69) is 5.32 Å². The van der Waals surface area contributed by atoms with Crippen molar-refractivity contribution in [2.45, 2.75) is 25.7 Å². The molecule has 1 atom stereocenters. The summed E-state index contributed by atoms with van der Waals surface area (Å²) in [6.45, 7) is 3.88. The van der Waals surface area contributed by atoms with Gasteiger partial charge in [-0.05, 0) is 31.0 Å². The number of amides is 1. The first kappa shape index (κ1) is 10.8. The van der Waals surface area contributed by atoms with Crippen LogP contribution in [-0.4, -0.2) is 5.91 Å². The molecule has 0 saturated carbocycles. The zero-order chi connectivity index (χ0) is 11.2. The van der Waals surface area contributed by atoms with Crippen LogP contribution in [0.2, 0.25) is 10.0 Å². The molecule has 15 heavy (non-hydrogen) atoms. The van der Waals surface area contributed by atoms with Crippen molar-refractivity contribution in [3.8, 4) is 0 Å². The van der Waals surface area contributed by atoms with E-state index in [1.807, 2.05) is 19.9 Å². The molecule has 1 aromatic rings. The van der Waals surface area contributed by atoms with Gasteiger partial charge in [0.05, 0.1) is 16.1 Å². The molecule has 1 heterocycles. The molecule has 0 saturated heterocycles. The van der Waals surface area contributed by atoms with Gasteiger partial charge in [-0.3, -0.25) is 4.79 Å². The number of fused-ring (bicyclic) bond motifs is 1. The summed E-state index contributed by atoms with van der Waals surface area (Å²) in [6.07, 6.45) is 0.725. The van der Waals surface area contributed by atoms with Gasteiger partial charge in [0.15, 0.2) is 0 Å². The van der Waals surface area contributed by atoms with Crippen LogP contribution in [0.4, 0.5) is 5.69 Å². The fourth-order valence-corrected chi connectivity index (χ4v) is 2.40. The van der Waals surface area contributed by atoms with E-state index in [0.717, 1.165) is 12.0 Å². The second-order valence-electron chi connectivity index (χ2n) is 3.95. The molecular weight excluding hydrogens is 233 g/mol. The van der Waals surface area contributed by atoms with Crippen molar-refractivity contribution in [3.05, 3.63) is 27.7 Å². The number of hydrogen-bond donors (Lipinski definition) is 1. The molecule has 0 aromatic heterocycles. The lowest BCUT2D eigenvalue weighted by molar-refractivity contribution is -0.120. The zero-order valence-electron chi connectivity index (χ0n) is 8.53. The van der Waals surface area contributed by atoms with Gasteiger partial charge in [-0.2, -0.15) is 0 Å². The largest absolute Gasteiger partial charge is 0.324 e. The molecule has 1 N–H and O–H groups in total. The van der Waals surface area contributed by atoms with Crippen LogP contribution >= 0.6 is 23.2 Å². The number of carbonyl (C=O) groups excluding carboxylic acids is 1. The van der Waals surface area contributed by atoms with E-state index in [9.17, 15) is 4.79 Å². The van der Waals surface area contributed by atoms with Gasteiger partial charge in [0.1, 0.15) is 0 Å². The molecule has 1 aliphatic rings. The maximum atomic E-state index is 11.8. The van der Waals surface area contributed by atoms with Gasteiger partial charge in [0.25, 0.3) is 0 Å². The van der Waals surface area contributed by atoms with Crippen LogP contribution in [0.5, 0.6) is 0 Å². The van der Waals surface area contributed by atoms with Crippen molar-refractivity contribution in [2.75, 3.05) is 5.32 Å². The Hall–Kier alpha value is -0.730. The van der Waals surface area contributed by atoms with E-state index < -0.39 is 5.41 Å². The summed E-state index contributed by atoms with van der Waals surface area (Å²) >= 11 is 12.0. The zero-order valence-corrected chi connectivity index (χ0v) is 10.0. The predicted molar refractivity (Wildman–Crippen MR) is 62.7 cm³/mol. The van der Waals surface area contributed by atoms with E-state index in [1.165, 1.54) is 0 Å². The number of benzene rings is 1. The maximum Gasteiger partial charge on any atom is 0.234 e. The highest BCUT2D eigenvalue weighted by Crippen LogP contribution is 2.44. The van der Waals surface area contributed by atoms with Gasteiger partial charge >= 0.3 is 0 Å². The number of nitrogens with one attached hydrogen (secondary N) is 1. The van der Waals surface area contributed by atoms with Crippen LogP contribution in [0, 0.1) is 0 Å². The minimum Gasteiger partial charge on any atom is -0.324 e. The van der Waals surface area contributed by atoms with Gasteiger partial charge in [-0.1, -0.05) is 30.1 Å². The van der Waals surface area contributed by atoms with Crippen LogP contribution < -0.4 is 5.32 Å². The topological polar surface area (TPSA) is 29.1 Å². The van der Waals surface area contributed by atoms with Crippen molar-refractivity contribution in [1.29, 1.82) is 0 Å². The van der Waals surface area contributed by atoms with Crippen molar-refractivity contribution < 1.29 is 4.79 Å². The lowest BCUT2D eigenvalue weighted by atomic mass is 9.81. The first-order valence-corrected chi connectivity index (χ1v) is 5.55. The average molecular weight is 244 g/mol. The lowest BCUT2D eigenvalue weighted by Gasteiger charge is -2.19. The molecule has 0 fully saturated rings. The Kier molecular flexibility index (Phi) is 2.44. The van der Waals surface area contributed by atoms with Gasteiger partial charge in [-0.25, -0.2) is 0 Å². The third-order valence-corrected chi connectivity index (χ3v) is 3.61. The van der Waals surface area contributed by atoms with Crippen molar-refractivity contribution in [2.24, 2.45) is 0 Å². The van der Waals surface area contributed by atoms with Crippen LogP contribution in [0.15, 0.2) is 12.1 Å². The SMILES string of the molecule is CCC1(C)C(=O)Nc2c(Cl)cc(Cl)cc21. The molecular formula is C11H11Cl2NO. The first-order chi connectivity index (χ1) is 6.99. The van der Waals surface area contributed by atoms with Crippen LogP contribution in [0.25, 0.3) is 0 Å². The van der Waals surface area contributed by atoms with Crippen LogP contribution in [-0.2, 0) is 10.2 Å². The van der Waals surface area contributed by atoms with E-state index >= 15 is 0 Å². The summed E-state index contributed by atoms with van der Waals surface area (Å²) in [5, 5.41) is 3.87. The van der Waals surface area contributed by atoms with Crippen LogP contribution in [0.3, 0.4) is 0 Å². The fraction of sp³-hybridized carbons (Fsp3) is 0.364. The first-order valence-electron chi connectivity index (χ1n) is 4.80. The molecule has 0 radical (unpaired) electrons. The van der Waals surface area contributed by atoms with Crippen molar-refractivity contribution in [3.63, 3.8) is 0 Å². The Balaban J connectivity index is 2.68. The Morgan fingerprint density at radius 1 is 1.40 bits per heavy atom. The molecule has 0 aliphatic carbocycles.